The van der Waals surface area contributed by atoms with Crippen LogP contribution in [0.25, 0.3) is 0 Å². The van der Waals surface area contributed by atoms with E-state index in [1.165, 1.54) is 64.8 Å². The zero-order valence-electron chi connectivity index (χ0n) is 10.3. The molecule has 92 valence electrons. The summed E-state index contributed by atoms with van der Waals surface area (Å²) in [6, 6.07) is 1.31. The largest absolute Gasteiger partial charge is 0.328 e. The van der Waals surface area contributed by atoms with Gasteiger partial charge in [-0.05, 0) is 57.7 Å². The van der Waals surface area contributed by atoms with Crippen LogP contribution in [0, 0.1) is 5.92 Å². The quantitative estimate of drug-likeness (QED) is 0.771. The fraction of sp³-hybridized carbons (Fsp3) is 1.00. The third-order valence-corrected chi connectivity index (χ3v) is 4.55. The van der Waals surface area contributed by atoms with E-state index >= 15 is 0 Å². The smallest absolute Gasteiger partial charge is 0.0235 e. The third-order valence-electron chi connectivity index (χ3n) is 4.55. The van der Waals surface area contributed by atoms with Gasteiger partial charge in [0.1, 0.15) is 0 Å². The van der Waals surface area contributed by atoms with Crippen molar-refractivity contribution in [2.45, 2.75) is 44.2 Å². The molecule has 2 saturated heterocycles. The van der Waals surface area contributed by atoms with Crippen LogP contribution in [0.4, 0.5) is 0 Å². The molecule has 16 heavy (non-hydrogen) atoms. The van der Waals surface area contributed by atoms with Crippen molar-refractivity contribution in [2.75, 3.05) is 32.7 Å². The van der Waals surface area contributed by atoms with E-state index in [0.29, 0.717) is 6.04 Å². The molecule has 3 heteroatoms. The van der Waals surface area contributed by atoms with Gasteiger partial charge in [0.25, 0.3) is 0 Å². The minimum atomic E-state index is 0.472. The summed E-state index contributed by atoms with van der Waals surface area (Å²) < 4.78 is 0. The first kappa shape index (κ1) is 11.0. The van der Waals surface area contributed by atoms with Crippen molar-refractivity contribution >= 4 is 0 Å². The number of hydrogen-bond donors (Lipinski definition) is 1. The van der Waals surface area contributed by atoms with Crippen LogP contribution in [-0.4, -0.2) is 54.6 Å². The molecule has 1 aliphatic carbocycles. The first-order chi connectivity index (χ1) is 7.81. The Labute approximate surface area is 99.0 Å². The van der Waals surface area contributed by atoms with E-state index in [0.717, 1.165) is 12.0 Å². The maximum atomic E-state index is 5.96. The topological polar surface area (TPSA) is 32.5 Å². The fourth-order valence-corrected chi connectivity index (χ4v) is 3.23. The van der Waals surface area contributed by atoms with Gasteiger partial charge in [0.2, 0.25) is 0 Å². The molecule has 1 unspecified atom stereocenters. The summed E-state index contributed by atoms with van der Waals surface area (Å²) in [6.45, 7) is 6.52. The number of hydrogen-bond acceptors (Lipinski definition) is 3. The second-order valence-corrected chi connectivity index (χ2v) is 6.02. The number of nitrogens with zero attached hydrogens (tertiary/aromatic N) is 2. The highest BCUT2D eigenvalue weighted by Gasteiger charge is 2.32. The van der Waals surface area contributed by atoms with Crippen LogP contribution in [0.1, 0.15) is 32.1 Å². The predicted octanol–water partition coefficient (Wildman–Crippen LogP) is 0.894. The van der Waals surface area contributed by atoms with Crippen molar-refractivity contribution in [2.24, 2.45) is 11.7 Å². The minimum Gasteiger partial charge on any atom is -0.328 e. The Morgan fingerprint density at radius 3 is 2.38 bits per heavy atom. The van der Waals surface area contributed by atoms with Gasteiger partial charge in [-0.2, -0.15) is 0 Å². The highest BCUT2D eigenvalue weighted by Crippen LogP contribution is 2.31. The lowest BCUT2D eigenvalue weighted by Crippen LogP contribution is -2.46. The van der Waals surface area contributed by atoms with Crippen molar-refractivity contribution in [1.29, 1.82) is 0 Å². The minimum absolute atomic E-state index is 0.472. The van der Waals surface area contributed by atoms with E-state index in [1.807, 2.05) is 0 Å². The summed E-state index contributed by atoms with van der Waals surface area (Å²) in [4.78, 5) is 5.38. The zero-order valence-corrected chi connectivity index (χ0v) is 10.3. The predicted molar refractivity (Wildman–Crippen MR) is 66.4 cm³/mol. The third kappa shape index (κ3) is 2.58. The summed E-state index contributed by atoms with van der Waals surface area (Å²) in [5.41, 5.74) is 5.96. The van der Waals surface area contributed by atoms with Gasteiger partial charge in [-0.15, -0.1) is 0 Å². The van der Waals surface area contributed by atoms with Gasteiger partial charge in [0, 0.05) is 25.2 Å². The van der Waals surface area contributed by atoms with Gasteiger partial charge in [-0.3, -0.25) is 4.90 Å². The Hall–Kier alpha value is -0.120. The highest BCUT2D eigenvalue weighted by atomic mass is 15.3. The molecule has 0 amide bonds. The molecule has 1 saturated carbocycles. The van der Waals surface area contributed by atoms with Crippen LogP contribution in [0.5, 0.6) is 0 Å². The van der Waals surface area contributed by atoms with Gasteiger partial charge >= 0.3 is 0 Å². The first-order valence-electron chi connectivity index (χ1n) is 7.03. The number of piperidine rings is 1. The Bertz CT molecular complexity index is 231. The van der Waals surface area contributed by atoms with E-state index in [2.05, 4.69) is 9.80 Å². The summed E-state index contributed by atoms with van der Waals surface area (Å²) in [6.07, 6.45) is 6.78. The van der Waals surface area contributed by atoms with Gasteiger partial charge < -0.3 is 10.6 Å². The molecule has 0 aromatic rings. The van der Waals surface area contributed by atoms with Crippen molar-refractivity contribution in [3.63, 3.8) is 0 Å². The lowest BCUT2D eigenvalue weighted by Gasteiger charge is -2.34. The average molecular weight is 223 g/mol. The summed E-state index contributed by atoms with van der Waals surface area (Å²) in [7, 11) is 0. The molecule has 1 atom stereocenters. The maximum Gasteiger partial charge on any atom is 0.0235 e. The first-order valence-corrected chi connectivity index (χ1v) is 7.03. The molecule has 3 rings (SSSR count). The second kappa shape index (κ2) is 4.63. The number of rotatable bonds is 3. The molecule has 3 aliphatic rings. The molecule has 2 aliphatic heterocycles. The Morgan fingerprint density at radius 1 is 0.938 bits per heavy atom. The van der Waals surface area contributed by atoms with E-state index in [4.69, 9.17) is 5.73 Å². The molecule has 0 aromatic carbocycles. The van der Waals surface area contributed by atoms with Crippen LogP contribution < -0.4 is 5.73 Å². The SMILES string of the molecule is NC1CCN(C2CCN(CC3CC3)C2)CC1. The summed E-state index contributed by atoms with van der Waals surface area (Å²) >= 11 is 0. The summed E-state index contributed by atoms with van der Waals surface area (Å²) in [5, 5.41) is 0. The average Bonchev–Trinajstić information content (AvgIpc) is 2.97. The normalized spacial score (nSPS) is 34.7. The molecular weight excluding hydrogens is 198 g/mol. The lowest BCUT2D eigenvalue weighted by atomic mass is 10.0. The molecule has 0 aromatic heterocycles. The van der Waals surface area contributed by atoms with E-state index in [-0.39, 0.29) is 0 Å². The second-order valence-electron chi connectivity index (χ2n) is 6.02. The van der Waals surface area contributed by atoms with Crippen LogP contribution in [-0.2, 0) is 0 Å². The highest BCUT2D eigenvalue weighted by molar-refractivity contribution is 4.89. The van der Waals surface area contributed by atoms with Gasteiger partial charge in [0.15, 0.2) is 0 Å². The van der Waals surface area contributed by atoms with E-state index < -0.39 is 0 Å². The molecule has 3 nitrogen and oxygen atoms in total. The van der Waals surface area contributed by atoms with Crippen molar-refractivity contribution in [3.8, 4) is 0 Å². The molecule has 0 radical (unpaired) electrons. The molecule has 3 fully saturated rings. The molecule has 2 heterocycles. The van der Waals surface area contributed by atoms with E-state index in [9.17, 15) is 0 Å². The standard InChI is InChI=1S/C13H25N3/c14-12-3-7-16(8-4-12)13-5-6-15(10-13)9-11-1-2-11/h11-13H,1-10,14H2. The van der Waals surface area contributed by atoms with Crippen LogP contribution in [0.3, 0.4) is 0 Å². The Balaban J connectivity index is 1.45. The maximum absolute atomic E-state index is 5.96. The lowest BCUT2D eigenvalue weighted by molar-refractivity contribution is 0.152. The monoisotopic (exact) mass is 223 g/mol. The Morgan fingerprint density at radius 2 is 1.69 bits per heavy atom. The molecule has 0 bridgehead atoms. The van der Waals surface area contributed by atoms with Gasteiger partial charge in [-0.1, -0.05) is 0 Å². The number of likely N-dealkylation sites (tertiary alicyclic amines) is 2. The van der Waals surface area contributed by atoms with Crippen LogP contribution in [0.2, 0.25) is 0 Å². The Kier molecular flexibility index (Phi) is 3.18. The van der Waals surface area contributed by atoms with Gasteiger partial charge in [-0.25, -0.2) is 0 Å². The molecule has 0 spiro atoms. The van der Waals surface area contributed by atoms with Crippen molar-refractivity contribution < 1.29 is 0 Å². The van der Waals surface area contributed by atoms with E-state index in [1.54, 1.807) is 0 Å². The summed E-state index contributed by atoms with van der Waals surface area (Å²) in [5.74, 6) is 1.05. The molecular formula is C13H25N3. The van der Waals surface area contributed by atoms with Gasteiger partial charge in [0.05, 0.1) is 0 Å². The molecule has 2 N–H and O–H groups in total. The zero-order chi connectivity index (χ0) is 11.0. The van der Waals surface area contributed by atoms with Crippen LogP contribution >= 0.6 is 0 Å². The van der Waals surface area contributed by atoms with Crippen LogP contribution in [0.15, 0.2) is 0 Å². The van der Waals surface area contributed by atoms with Crippen molar-refractivity contribution in [1.82, 2.24) is 9.80 Å². The van der Waals surface area contributed by atoms with Crippen molar-refractivity contribution in [3.05, 3.63) is 0 Å². The fourth-order valence-electron chi connectivity index (χ4n) is 3.23. The number of nitrogens with two attached hydrogens (primary N) is 1.